The second-order valence-corrected chi connectivity index (χ2v) is 5.76. The van der Waals surface area contributed by atoms with Crippen LogP contribution in [0.5, 0.6) is 5.75 Å². The maximum Gasteiger partial charge on any atom is 0.150 e. The molecule has 0 saturated carbocycles. The Balaban J connectivity index is 1.46. The molecule has 0 aliphatic carbocycles. The molecule has 0 N–H and O–H groups in total. The van der Waals surface area contributed by atoms with Gasteiger partial charge in [-0.3, -0.25) is 4.79 Å². The van der Waals surface area contributed by atoms with Gasteiger partial charge in [0, 0.05) is 17.5 Å². The van der Waals surface area contributed by atoms with Crippen LogP contribution < -0.4 is 4.74 Å². The van der Waals surface area contributed by atoms with Crippen molar-refractivity contribution in [2.75, 3.05) is 0 Å². The third-order valence-corrected chi connectivity index (χ3v) is 4.18. The first kappa shape index (κ1) is 14.8. The quantitative estimate of drug-likeness (QED) is 0.585. The number of rotatable bonds is 6. The van der Waals surface area contributed by atoms with E-state index in [1.165, 1.54) is 17.7 Å². The second-order valence-electron chi connectivity index (χ2n) is 5.76. The number of carbonyl (C=O) groups excluding carboxylic acids is 1. The molecule has 2 aromatic carbocycles. The van der Waals surface area contributed by atoms with Crippen molar-refractivity contribution < 1.29 is 13.9 Å². The molecule has 1 aliphatic rings. The zero-order valence-corrected chi connectivity index (χ0v) is 12.4. The van der Waals surface area contributed by atoms with Gasteiger partial charge in [-0.05, 0) is 49.4 Å². The summed E-state index contributed by atoms with van der Waals surface area (Å²) >= 11 is 0. The molecule has 22 heavy (non-hydrogen) atoms. The van der Waals surface area contributed by atoms with Gasteiger partial charge >= 0.3 is 0 Å². The van der Waals surface area contributed by atoms with E-state index < -0.39 is 0 Å². The Morgan fingerprint density at radius 3 is 2.73 bits per heavy atom. The van der Waals surface area contributed by atoms with Gasteiger partial charge in [-0.15, -0.1) is 0 Å². The highest BCUT2D eigenvalue weighted by Gasteiger charge is 2.24. The molecule has 0 saturated heterocycles. The average molecular weight is 298 g/mol. The number of halogens is 1. The average Bonchev–Trinajstić information content (AvgIpc) is 2.96. The van der Waals surface area contributed by atoms with Crippen molar-refractivity contribution in [3.8, 4) is 5.75 Å². The lowest BCUT2D eigenvalue weighted by atomic mass is 10.0. The highest BCUT2D eigenvalue weighted by molar-refractivity contribution is 5.79. The molecule has 0 bridgehead atoms. The minimum Gasteiger partial charge on any atom is -0.490 e. The first-order chi connectivity index (χ1) is 10.8. The van der Waals surface area contributed by atoms with E-state index in [1.807, 2.05) is 30.3 Å². The van der Waals surface area contributed by atoms with Crippen LogP contribution in [0.2, 0.25) is 0 Å². The van der Waals surface area contributed by atoms with E-state index >= 15 is 0 Å². The van der Waals surface area contributed by atoms with Crippen LogP contribution in [0, 0.1) is 5.82 Å². The van der Waals surface area contributed by atoms with Gasteiger partial charge in [0.05, 0.1) is 0 Å². The molecule has 3 rings (SSSR count). The summed E-state index contributed by atoms with van der Waals surface area (Å²) in [6.45, 7) is 0. The standard InChI is InChI=1S/C19H19FO2/c20-16-10-8-14(9-11-16)4-1-2-6-17-12-18-15(13-21)5-3-7-19(18)22-17/h3,5,7-11,13,17H,1-2,4,6,12H2. The van der Waals surface area contributed by atoms with E-state index in [0.717, 1.165) is 55.3 Å². The lowest BCUT2D eigenvalue weighted by Crippen LogP contribution is -2.12. The predicted molar refractivity (Wildman–Crippen MR) is 83.9 cm³/mol. The minimum atomic E-state index is -0.188. The second kappa shape index (κ2) is 6.73. The van der Waals surface area contributed by atoms with Gasteiger partial charge in [-0.1, -0.05) is 24.3 Å². The summed E-state index contributed by atoms with van der Waals surface area (Å²) in [6.07, 6.45) is 5.95. The highest BCUT2D eigenvalue weighted by atomic mass is 19.1. The van der Waals surface area contributed by atoms with E-state index in [-0.39, 0.29) is 11.9 Å². The monoisotopic (exact) mass is 298 g/mol. The fourth-order valence-electron chi connectivity index (χ4n) is 2.98. The third kappa shape index (κ3) is 3.35. The number of unbranched alkanes of at least 4 members (excludes halogenated alkanes) is 1. The topological polar surface area (TPSA) is 26.3 Å². The molecule has 0 aromatic heterocycles. The Kier molecular flexibility index (Phi) is 4.52. The zero-order chi connectivity index (χ0) is 15.4. The summed E-state index contributed by atoms with van der Waals surface area (Å²) in [5.74, 6) is 0.667. The number of carbonyl (C=O) groups is 1. The molecule has 0 radical (unpaired) electrons. The summed E-state index contributed by atoms with van der Waals surface area (Å²) in [5, 5.41) is 0. The summed E-state index contributed by atoms with van der Waals surface area (Å²) in [5.41, 5.74) is 2.95. The normalized spacial score (nSPS) is 16.1. The van der Waals surface area contributed by atoms with Crippen molar-refractivity contribution in [3.05, 3.63) is 65.0 Å². The van der Waals surface area contributed by atoms with E-state index in [1.54, 1.807) is 0 Å². The van der Waals surface area contributed by atoms with Gasteiger partial charge in [0.1, 0.15) is 24.0 Å². The third-order valence-electron chi connectivity index (χ3n) is 4.18. The van der Waals surface area contributed by atoms with Crippen molar-refractivity contribution in [1.29, 1.82) is 0 Å². The Hall–Kier alpha value is -2.16. The largest absolute Gasteiger partial charge is 0.490 e. The number of aryl methyl sites for hydroxylation is 1. The predicted octanol–water partition coefficient (Wildman–Crippen LogP) is 4.35. The molecular weight excluding hydrogens is 279 g/mol. The van der Waals surface area contributed by atoms with Crippen LogP contribution in [-0.4, -0.2) is 12.4 Å². The molecule has 0 amide bonds. The zero-order valence-electron chi connectivity index (χ0n) is 12.4. The molecule has 114 valence electrons. The molecule has 1 heterocycles. The first-order valence-electron chi connectivity index (χ1n) is 7.74. The van der Waals surface area contributed by atoms with E-state index in [2.05, 4.69) is 0 Å². The van der Waals surface area contributed by atoms with Crippen LogP contribution in [-0.2, 0) is 12.8 Å². The van der Waals surface area contributed by atoms with Crippen molar-refractivity contribution >= 4 is 6.29 Å². The van der Waals surface area contributed by atoms with Crippen molar-refractivity contribution in [3.63, 3.8) is 0 Å². The number of fused-ring (bicyclic) bond motifs is 1. The highest BCUT2D eigenvalue weighted by Crippen LogP contribution is 2.32. The van der Waals surface area contributed by atoms with Crippen molar-refractivity contribution in [2.24, 2.45) is 0 Å². The number of aldehydes is 1. The van der Waals surface area contributed by atoms with E-state index in [9.17, 15) is 9.18 Å². The van der Waals surface area contributed by atoms with Crippen LogP contribution in [0.25, 0.3) is 0 Å². The SMILES string of the molecule is O=Cc1cccc2c1CC(CCCCc1ccc(F)cc1)O2. The molecule has 1 atom stereocenters. The molecule has 1 aliphatic heterocycles. The molecule has 2 aromatic rings. The van der Waals surface area contributed by atoms with Crippen LogP contribution in [0.15, 0.2) is 42.5 Å². The fraction of sp³-hybridized carbons (Fsp3) is 0.316. The number of ether oxygens (including phenoxy) is 1. The molecule has 0 spiro atoms. The maximum absolute atomic E-state index is 12.8. The van der Waals surface area contributed by atoms with E-state index in [4.69, 9.17) is 4.74 Å². The van der Waals surface area contributed by atoms with Crippen LogP contribution in [0.1, 0.15) is 40.7 Å². The van der Waals surface area contributed by atoms with E-state index in [0.29, 0.717) is 0 Å². The number of benzene rings is 2. The maximum atomic E-state index is 12.8. The Morgan fingerprint density at radius 2 is 1.95 bits per heavy atom. The lowest BCUT2D eigenvalue weighted by molar-refractivity contribution is 0.112. The van der Waals surface area contributed by atoms with Gasteiger partial charge in [0.2, 0.25) is 0 Å². The fourth-order valence-corrected chi connectivity index (χ4v) is 2.98. The summed E-state index contributed by atoms with van der Waals surface area (Å²) in [4.78, 5) is 11.0. The Morgan fingerprint density at radius 1 is 1.14 bits per heavy atom. The van der Waals surface area contributed by atoms with Gasteiger partial charge in [0.25, 0.3) is 0 Å². The number of hydrogen-bond donors (Lipinski definition) is 0. The van der Waals surface area contributed by atoms with Gasteiger partial charge in [-0.2, -0.15) is 0 Å². The van der Waals surface area contributed by atoms with Crippen LogP contribution >= 0.6 is 0 Å². The molecule has 0 fully saturated rings. The van der Waals surface area contributed by atoms with Gasteiger partial charge in [-0.25, -0.2) is 4.39 Å². The summed E-state index contributed by atoms with van der Waals surface area (Å²) in [6, 6.07) is 12.3. The smallest absolute Gasteiger partial charge is 0.150 e. The molecule has 3 heteroatoms. The lowest BCUT2D eigenvalue weighted by Gasteiger charge is -2.10. The minimum absolute atomic E-state index is 0.171. The first-order valence-corrected chi connectivity index (χ1v) is 7.74. The Labute approximate surface area is 129 Å². The number of hydrogen-bond acceptors (Lipinski definition) is 2. The van der Waals surface area contributed by atoms with Crippen molar-refractivity contribution in [1.82, 2.24) is 0 Å². The van der Waals surface area contributed by atoms with Crippen LogP contribution in [0.3, 0.4) is 0 Å². The van der Waals surface area contributed by atoms with Gasteiger partial charge < -0.3 is 4.74 Å². The summed E-state index contributed by atoms with van der Waals surface area (Å²) in [7, 11) is 0. The Bertz CT molecular complexity index is 649. The van der Waals surface area contributed by atoms with Gasteiger partial charge in [0.15, 0.2) is 0 Å². The summed E-state index contributed by atoms with van der Waals surface area (Å²) < 4.78 is 18.7. The molecular formula is C19H19FO2. The molecule has 2 nitrogen and oxygen atoms in total. The van der Waals surface area contributed by atoms with Crippen LogP contribution in [0.4, 0.5) is 4.39 Å². The molecule has 1 unspecified atom stereocenters. The van der Waals surface area contributed by atoms with Crippen molar-refractivity contribution in [2.45, 2.75) is 38.2 Å².